The van der Waals surface area contributed by atoms with Crippen molar-refractivity contribution >= 4 is 21.6 Å². The first-order chi connectivity index (χ1) is 9.31. The second kappa shape index (κ2) is 6.71. The lowest BCUT2D eigenvalue weighted by Gasteiger charge is -2.24. The van der Waals surface area contributed by atoms with Crippen molar-refractivity contribution < 1.29 is 13.2 Å². The van der Waals surface area contributed by atoms with Crippen LogP contribution < -0.4 is 10.5 Å². The standard InChI is InChI=1S/C13H21N3O3S/c1-4-16(5-2)13(17)10(3)15-11-8-6-7-9-12(11)20(14,18)19/h6-10,15H,4-5H2,1-3H3,(H2,14,18,19). The predicted molar refractivity (Wildman–Crippen MR) is 78.8 cm³/mol. The van der Waals surface area contributed by atoms with Crippen LogP contribution in [0.2, 0.25) is 0 Å². The molecule has 1 aromatic carbocycles. The largest absolute Gasteiger partial charge is 0.373 e. The van der Waals surface area contributed by atoms with E-state index in [1.165, 1.54) is 6.07 Å². The van der Waals surface area contributed by atoms with Crippen LogP contribution >= 0.6 is 0 Å². The Kier molecular flexibility index (Phi) is 5.52. The number of rotatable bonds is 6. The molecular formula is C13H21N3O3S. The highest BCUT2D eigenvalue weighted by Gasteiger charge is 2.20. The van der Waals surface area contributed by atoms with Gasteiger partial charge in [-0.25, -0.2) is 13.6 Å². The number of nitrogens with two attached hydrogens (primary N) is 1. The van der Waals surface area contributed by atoms with Crippen LogP contribution in [0.5, 0.6) is 0 Å². The molecule has 0 aliphatic heterocycles. The van der Waals surface area contributed by atoms with Crippen LogP contribution in [-0.4, -0.2) is 38.4 Å². The van der Waals surface area contributed by atoms with Crippen molar-refractivity contribution in [3.05, 3.63) is 24.3 Å². The summed E-state index contributed by atoms with van der Waals surface area (Å²) in [4.78, 5) is 13.8. The molecule has 1 amide bonds. The number of carbonyl (C=O) groups is 1. The summed E-state index contributed by atoms with van der Waals surface area (Å²) in [5, 5.41) is 8.07. The van der Waals surface area contributed by atoms with Crippen molar-refractivity contribution in [2.75, 3.05) is 18.4 Å². The molecule has 6 nitrogen and oxygen atoms in total. The van der Waals surface area contributed by atoms with Gasteiger partial charge in [0.1, 0.15) is 10.9 Å². The summed E-state index contributed by atoms with van der Waals surface area (Å²) < 4.78 is 23.0. The third-order valence-corrected chi connectivity index (χ3v) is 3.98. The first kappa shape index (κ1) is 16.5. The molecule has 0 aliphatic carbocycles. The second-order valence-electron chi connectivity index (χ2n) is 4.42. The van der Waals surface area contributed by atoms with E-state index in [0.29, 0.717) is 18.8 Å². The second-order valence-corrected chi connectivity index (χ2v) is 5.95. The predicted octanol–water partition coefficient (Wildman–Crippen LogP) is 1.00. The Hall–Kier alpha value is -1.60. The quantitative estimate of drug-likeness (QED) is 0.819. The summed E-state index contributed by atoms with van der Waals surface area (Å²) in [6.07, 6.45) is 0. The molecule has 3 N–H and O–H groups in total. The number of anilines is 1. The number of hydrogen-bond donors (Lipinski definition) is 2. The summed E-state index contributed by atoms with van der Waals surface area (Å²) in [6, 6.07) is 5.74. The first-order valence-corrected chi connectivity index (χ1v) is 8.03. The molecule has 1 unspecified atom stereocenters. The SMILES string of the molecule is CCN(CC)C(=O)C(C)Nc1ccccc1S(N)(=O)=O. The molecule has 7 heteroatoms. The van der Waals surface area contributed by atoms with Crippen molar-refractivity contribution in [2.45, 2.75) is 31.7 Å². The Morgan fingerprint density at radius 1 is 1.30 bits per heavy atom. The summed E-state index contributed by atoms with van der Waals surface area (Å²) in [6.45, 7) is 6.70. The number of sulfonamides is 1. The third-order valence-electron chi connectivity index (χ3n) is 3.01. The van der Waals surface area contributed by atoms with Gasteiger partial charge in [-0.3, -0.25) is 4.79 Å². The molecule has 0 bridgehead atoms. The van der Waals surface area contributed by atoms with Crippen molar-refractivity contribution in [1.29, 1.82) is 0 Å². The fourth-order valence-electron chi connectivity index (χ4n) is 1.94. The summed E-state index contributed by atoms with van der Waals surface area (Å²) in [5.74, 6) is -0.0841. The smallest absolute Gasteiger partial charge is 0.244 e. The normalized spacial score (nSPS) is 12.8. The van der Waals surface area contributed by atoms with E-state index in [9.17, 15) is 13.2 Å². The van der Waals surface area contributed by atoms with Gasteiger partial charge in [-0.05, 0) is 32.9 Å². The Balaban J connectivity index is 2.97. The van der Waals surface area contributed by atoms with Gasteiger partial charge in [0.15, 0.2) is 0 Å². The van der Waals surface area contributed by atoms with Crippen molar-refractivity contribution in [3.8, 4) is 0 Å². The third kappa shape index (κ3) is 3.94. The van der Waals surface area contributed by atoms with E-state index in [1.54, 1.807) is 30.0 Å². The monoisotopic (exact) mass is 299 g/mol. The molecule has 0 aliphatic rings. The molecule has 0 saturated carbocycles. The van der Waals surface area contributed by atoms with Gasteiger partial charge < -0.3 is 10.2 Å². The van der Waals surface area contributed by atoms with Crippen LogP contribution in [0, 0.1) is 0 Å². The van der Waals surface area contributed by atoms with Crippen LogP contribution in [0.15, 0.2) is 29.2 Å². The zero-order valence-electron chi connectivity index (χ0n) is 12.0. The van der Waals surface area contributed by atoms with Crippen LogP contribution in [0.25, 0.3) is 0 Å². The minimum Gasteiger partial charge on any atom is -0.373 e. The van der Waals surface area contributed by atoms with E-state index >= 15 is 0 Å². The maximum absolute atomic E-state index is 12.2. The number of primary sulfonamides is 1. The molecule has 0 fully saturated rings. The zero-order valence-corrected chi connectivity index (χ0v) is 12.8. The van der Waals surface area contributed by atoms with E-state index in [2.05, 4.69) is 5.32 Å². The van der Waals surface area contributed by atoms with Crippen LogP contribution in [0.4, 0.5) is 5.69 Å². The van der Waals surface area contributed by atoms with Gasteiger partial charge in [0.05, 0.1) is 5.69 Å². The lowest BCUT2D eigenvalue weighted by molar-refractivity contribution is -0.131. The van der Waals surface area contributed by atoms with E-state index in [0.717, 1.165) is 0 Å². The molecule has 0 aromatic heterocycles. The number of nitrogens with one attached hydrogen (secondary N) is 1. The maximum atomic E-state index is 12.2. The molecule has 20 heavy (non-hydrogen) atoms. The van der Waals surface area contributed by atoms with Gasteiger partial charge in [-0.15, -0.1) is 0 Å². The average Bonchev–Trinajstić information content (AvgIpc) is 2.39. The van der Waals surface area contributed by atoms with E-state index in [-0.39, 0.29) is 10.8 Å². The molecular weight excluding hydrogens is 278 g/mol. The zero-order chi connectivity index (χ0) is 15.3. The number of benzene rings is 1. The number of likely N-dealkylation sites (N-methyl/N-ethyl adjacent to an activating group) is 1. The fraction of sp³-hybridized carbons (Fsp3) is 0.462. The van der Waals surface area contributed by atoms with Gasteiger partial charge in [-0.1, -0.05) is 12.1 Å². The van der Waals surface area contributed by atoms with Crippen molar-refractivity contribution in [3.63, 3.8) is 0 Å². The van der Waals surface area contributed by atoms with E-state index < -0.39 is 16.1 Å². The topological polar surface area (TPSA) is 92.5 Å². The van der Waals surface area contributed by atoms with E-state index in [4.69, 9.17) is 5.14 Å². The fourth-order valence-corrected chi connectivity index (χ4v) is 2.64. The molecule has 1 atom stereocenters. The molecule has 1 rings (SSSR count). The molecule has 0 radical (unpaired) electrons. The van der Waals surface area contributed by atoms with Gasteiger partial charge in [0, 0.05) is 13.1 Å². The number of hydrogen-bond acceptors (Lipinski definition) is 4. The van der Waals surface area contributed by atoms with Crippen LogP contribution in [0.3, 0.4) is 0 Å². The maximum Gasteiger partial charge on any atom is 0.244 e. The van der Waals surface area contributed by atoms with Gasteiger partial charge in [0.2, 0.25) is 15.9 Å². The molecule has 0 spiro atoms. The Bertz CT molecular complexity index is 568. The van der Waals surface area contributed by atoms with Crippen LogP contribution in [0.1, 0.15) is 20.8 Å². The summed E-state index contributed by atoms with van der Waals surface area (Å²) in [7, 11) is -3.82. The molecule has 0 heterocycles. The first-order valence-electron chi connectivity index (χ1n) is 6.48. The Morgan fingerprint density at radius 2 is 1.85 bits per heavy atom. The lowest BCUT2D eigenvalue weighted by Crippen LogP contribution is -2.41. The molecule has 112 valence electrons. The van der Waals surface area contributed by atoms with Gasteiger partial charge in [0.25, 0.3) is 0 Å². The number of amides is 1. The Labute approximate surface area is 120 Å². The highest BCUT2D eigenvalue weighted by atomic mass is 32.2. The summed E-state index contributed by atoms with van der Waals surface area (Å²) >= 11 is 0. The summed E-state index contributed by atoms with van der Waals surface area (Å²) in [5.41, 5.74) is 0.336. The number of para-hydroxylation sites is 1. The van der Waals surface area contributed by atoms with Gasteiger partial charge in [-0.2, -0.15) is 0 Å². The van der Waals surface area contributed by atoms with Crippen molar-refractivity contribution in [2.24, 2.45) is 5.14 Å². The number of carbonyl (C=O) groups excluding carboxylic acids is 1. The lowest BCUT2D eigenvalue weighted by atomic mass is 10.2. The molecule has 0 saturated heterocycles. The van der Waals surface area contributed by atoms with Crippen molar-refractivity contribution in [1.82, 2.24) is 4.90 Å². The highest BCUT2D eigenvalue weighted by Crippen LogP contribution is 2.20. The highest BCUT2D eigenvalue weighted by molar-refractivity contribution is 7.89. The molecule has 1 aromatic rings. The van der Waals surface area contributed by atoms with Crippen LogP contribution in [-0.2, 0) is 14.8 Å². The van der Waals surface area contributed by atoms with Gasteiger partial charge >= 0.3 is 0 Å². The van der Waals surface area contributed by atoms with E-state index in [1.807, 2.05) is 13.8 Å². The minimum absolute atomic E-state index is 0.0146. The number of nitrogens with zero attached hydrogens (tertiary/aromatic N) is 1. The minimum atomic E-state index is -3.82. The average molecular weight is 299 g/mol. The Morgan fingerprint density at radius 3 is 2.35 bits per heavy atom.